The lowest BCUT2D eigenvalue weighted by Gasteiger charge is -2.35. The maximum atomic E-state index is 13.9. The van der Waals surface area contributed by atoms with Gasteiger partial charge in [0.05, 0.1) is 13.7 Å². The largest absolute Gasteiger partial charge is 0.497 e. The van der Waals surface area contributed by atoms with E-state index < -0.39 is 42.2 Å². The van der Waals surface area contributed by atoms with Crippen LogP contribution >= 0.6 is 0 Å². The van der Waals surface area contributed by atoms with Crippen molar-refractivity contribution in [3.8, 4) is 18.1 Å². The molecule has 0 spiro atoms. The minimum atomic E-state index is -1.20. The number of benzene rings is 2. The van der Waals surface area contributed by atoms with Crippen molar-refractivity contribution in [2.45, 2.75) is 52.3 Å². The number of ether oxygens (including phenoxy) is 2. The predicted octanol–water partition coefficient (Wildman–Crippen LogP) is 3.73. The van der Waals surface area contributed by atoms with E-state index in [4.69, 9.17) is 15.9 Å². The molecule has 0 saturated heterocycles. The summed E-state index contributed by atoms with van der Waals surface area (Å²) in [5, 5.41) is 15.4. The van der Waals surface area contributed by atoms with E-state index in [-0.39, 0.29) is 12.5 Å². The molecular formula is C29H37N3O6. The van der Waals surface area contributed by atoms with Crippen LogP contribution < -0.4 is 15.4 Å². The molecule has 2 aromatic rings. The highest BCUT2D eigenvalue weighted by Gasteiger charge is 2.38. The van der Waals surface area contributed by atoms with Crippen molar-refractivity contribution in [3.63, 3.8) is 0 Å². The smallest absolute Gasteiger partial charge is 0.408 e. The van der Waals surface area contributed by atoms with Gasteiger partial charge in [-0.2, -0.15) is 0 Å². The molecule has 3 amide bonds. The van der Waals surface area contributed by atoms with E-state index in [1.54, 1.807) is 83.1 Å². The molecule has 2 aromatic carbocycles. The minimum Gasteiger partial charge on any atom is -0.497 e. The second kappa shape index (κ2) is 13.5. The molecule has 0 aliphatic rings. The normalized spacial score (nSPS) is 12.6. The number of hydrogen-bond donors (Lipinski definition) is 3. The van der Waals surface area contributed by atoms with Gasteiger partial charge in [-0.25, -0.2) is 4.79 Å². The van der Waals surface area contributed by atoms with Crippen LogP contribution in [-0.4, -0.2) is 59.8 Å². The van der Waals surface area contributed by atoms with Crippen molar-refractivity contribution in [1.82, 2.24) is 10.2 Å². The summed E-state index contributed by atoms with van der Waals surface area (Å²) in [6.45, 7) is 8.07. The number of anilines is 1. The molecule has 204 valence electrons. The third kappa shape index (κ3) is 8.25. The van der Waals surface area contributed by atoms with Gasteiger partial charge in [0.15, 0.2) is 0 Å². The fraction of sp³-hybridized carbons (Fsp3) is 0.414. The fourth-order valence-electron chi connectivity index (χ4n) is 3.80. The second-order valence-electron chi connectivity index (χ2n) is 9.98. The predicted molar refractivity (Wildman–Crippen MR) is 146 cm³/mol. The minimum absolute atomic E-state index is 0.183. The molecule has 0 aliphatic carbocycles. The first-order valence-electron chi connectivity index (χ1n) is 12.3. The average molecular weight is 524 g/mol. The van der Waals surface area contributed by atoms with Gasteiger partial charge in [0.25, 0.3) is 5.91 Å². The number of carbonyl (C=O) groups is 3. The van der Waals surface area contributed by atoms with E-state index in [9.17, 15) is 19.5 Å². The Morgan fingerprint density at radius 2 is 1.71 bits per heavy atom. The van der Waals surface area contributed by atoms with E-state index in [0.717, 1.165) is 0 Å². The van der Waals surface area contributed by atoms with Crippen LogP contribution in [0.2, 0.25) is 0 Å². The maximum Gasteiger partial charge on any atom is 0.408 e. The quantitative estimate of drug-likeness (QED) is 0.409. The number of aliphatic hydroxyl groups excluding tert-OH is 1. The standard InChI is InChI=1S/C29H37N3O6/c1-8-20-11-9-10-12-23(20)25(26(34)30-21-13-15-22(37-7)16-14-21)32(17-18-33)27(35)24(19(2)3)31-28(36)38-29(4,5)6/h1,9-16,19,24-25,33H,17-18H2,2-7H3,(H,30,34)(H,31,36). The molecule has 0 saturated carbocycles. The van der Waals surface area contributed by atoms with Crippen LogP contribution in [0.5, 0.6) is 5.75 Å². The Morgan fingerprint density at radius 1 is 1.08 bits per heavy atom. The number of hydrogen-bond acceptors (Lipinski definition) is 6. The second-order valence-corrected chi connectivity index (χ2v) is 9.98. The fourth-order valence-corrected chi connectivity index (χ4v) is 3.80. The maximum absolute atomic E-state index is 13.9. The van der Waals surface area contributed by atoms with Crippen LogP contribution in [0.1, 0.15) is 51.8 Å². The van der Waals surface area contributed by atoms with Crippen LogP contribution in [0.15, 0.2) is 48.5 Å². The Bertz CT molecular complexity index is 1150. The zero-order chi connectivity index (χ0) is 28.5. The van der Waals surface area contributed by atoms with E-state index in [1.165, 1.54) is 12.0 Å². The molecule has 0 heterocycles. The Morgan fingerprint density at radius 3 is 2.24 bits per heavy atom. The van der Waals surface area contributed by atoms with Crippen LogP contribution in [0.25, 0.3) is 0 Å². The molecule has 2 unspecified atom stereocenters. The first-order chi connectivity index (χ1) is 17.9. The monoisotopic (exact) mass is 523 g/mol. The van der Waals surface area contributed by atoms with Gasteiger partial charge in [-0.3, -0.25) is 9.59 Å². The zero-order valence-corrected chi connectivity index (χ0v) is 22.8. The van der Waals surface area contributed by atoms with Crippen molar-refractivity contribution < 1.29 is 29.0 Å². The van der Waals surface area contributed by atoms with Crippen LogP contribution in [-0.2, 0) is 14.3 Å². The third-order valence-corrected chi connectivity index (χ3v) is 5.56. The van der Waals surface area contributed by atoms with E-state index >= 15 is 0 Å². The van der Waals surface area contributed by atoms with E-state index in [2.05, 4.69) is 16.6 Å². The summed E-state index contributed by atoms with van der Waals surface area (Å²) in [6.07, 6.45) is 4.97. The summed E-state index contributed by atoms with van der Waals surface area (Å²) in [5.74, 6) is 1.72. The highest BCUT2D eigenvalue weighted by Crippen LogP contribution is 2.28. The van der Waals surface area contributed by atoms with Gasteiger partial charge >= 0.3 is 6.09 Å². The van der Waals surface area contributed by atoms with E-state index in [0.29, 0.717) is 22.6 Å². The number of nitrogens with one attached hydrogen (secondary N) is 2. The molecule has 38 heavy (non-hydrogen) atoms. The van der Waals surface area contributed by atoms with Crippen molar-refractivity contribution in [2.75, 3.05) is 25.6 Å². The number of methoxy groups -OCH3 is 1. The van der Waals surface area contributed by atoms with Gasteiger partial charge in [-0.05, 0) is 62.6 Å². The average Bonchev–Trinajstić information content (AvgIpc) is 2.86. The lowest BCUT2D eigenvalue weighted by Crippen LogP contribution is -2.55. The zero-order valence-electron chi connectivity index (χ0n) is 22.8. The number of carbonyl (C=O) groups excluding carboxylic acids is 3. The van der Waals surface area contributed by atoms with Crippen molar-refractivity contribution in [2.24, 2.45) is 5.92 Å². The molecule has 2 atom stereocenters. The summed E-state index contributed by atoms with van der Waals surface area (Å²) < 4.78 is 10.5. The highest BCUT2D eigenvalue weighted by atomic mass is 16.6. The lowest BCUT2D eigenvalue weighted by atomic mass is 9.95. The van der Waals surface area contributed by atoms with Gasteiger partial charge in [-0.1, -0.05) is 38.0 Å². The number of terminal acetylenes is 1. The SMILES string of the molecule is C#Cc1ccccc1C(C(=O)Nc1ccc(OC)cc1)N(CCO)C(=O)C(NC(=O)OC(C)(C)C)C(C)C. The molecule has 2 rings (SSSR count). The van der Waals surface area contributed by atoms with Crippen molar-refractivity contribution in [1.29, 1.82) is 0 Å². The number of rotatable bonds is 10. The van der Waals surface area contributed by atoms with Gasteiger partial charge in [0, 0.05) is 17.8 Å². The Kier molecular flexibility index (Phi) is 10.7. The molecule has 0 bridgehead atoms. The molecular weight excluding hydrogens is 486 g/mol. The number of nitrogens with zero attached hydrogens (tertiary/aromatic N) is 1. The number of aliphatic hydroxyl groups is 1. The lowest BCUT2D eigenvalue weighted by molar-refractivity contribution is -0.142. The molecule has 0 aromatic heterocycles. The summed E-state index contributed by atoms with van der Waals surface area (Å²) in [5.41, 5.74) is 0.524. The topological polar surface area (TPSA) is 117 Å². The summed E-state index contributed by atoms with van der Waals surface area (Å²) in [6, 6.07) is 11.3. The van der Waals surface area contributed by atoms with Crippen LogP contribution in [0, 0.1) is 18.3 Å². The number of alkyl carbamates (subject to hydrolysis) is 1. The first kappa shape index (κ1) is 30.2. The molecule has 9 nitrogen and oxygen atoms in total. The van der Waals surface area contributed by atoms with Crippen molar-refractivity contribution >= 4 is 23.6 Å². The Balaban J connectivity index is 2.53. The summed E-state index contributed by atoms with van der Waals surface area (Å²) in [4.78, 5) is 41.5. The van der Waals surface area contributed by atoms with Gasteiger partial charge in [-0.15, -0.1) is 6.42 Å². The molecule has 3 N–H and O–H groups in total. The highest BCUT2D eigenvalue weighted by molar-refractivity contribution is 5.99. The molecule has 9 heteroatoms. The van der Waals surface area contributed by atoms with Gasteiger partial charge < -0.3 is 30.1 Å². The third-order valence-electron chi connectivity index (χ3n) is 5.56. The Labute approximate surface area is 224 Å². The van der Waals surface area contributed by atoms with Crippen LogP contribution in [0.4, 0.5) is 10.5 Å². The van der Waals surface area contributed by atoms with Gasteiger partial charge in [0.2, 0.25) is 5.91 Å². The number of amides is 3. The molecule has 0 aliphatic heterocycles. The first-order valence-corrected chi connectivity index (χ1v) is 12.3. The van der Waals surface area contributed by atoms with E-state index in [1.807, 2.05) is 0 Å². The molecule has 0 fully saturated rings. The van der Waals surface area contributed by atoms with Gasteiger partial charge in [0.1, 0.15) is 23.4 Å². The van der Waals surface area contributed by atoms with Crippen LogP contribution in [0.3, 0.4) is 0 Å². The summed E-state index contributed by atoms with van der Waals surface area (Å²) >= 11 is 0. The summed E-state index contributed by atoms with van der Waals surface area (Å²) in [7, 11) is 1.54. The molecule has 0 radical (unpaired) electrons. The Hall–Kier alpha value is -4.03. The van der Waals surface area contributed by atoms with Crippen molar-refractivity contribution in [3.05, 3.63) is 59.7 Å².